The van der Waals surface area contributed by atoms with Gasteiger partial charge < -0.3 is 38.9 Å². The summed E-state index contributed by atoms with van der Waals surface area (Å²) < 4.78 is 14.3. The number of hydrogen-bond donors (Lipinski definition) is 1. The van der Waals surface area contributed by atoms with Gasteiger partial charge in [-0.15, -0.1) is 0 Å². The molecule has 0 saturated carbocycles. The molecule has 4 aromatic rings. The fourth-order valence-electron chi connectivity index (χ4n) is 2.89. The van der Waals surface area contributed by atoms with Gasteiger partial charge in [0.2, 0.25) is 0 Å². The van der Waals surface area contributed by atoms with E-state index in [4.69, 9.17) is 24.0 Å². The maximum Gasteiger partial charge on any atom is 0.131 e. The summed E-state index contributed by atoms with van der Waals surface area (Å²) in [5, 5.41) is 11.2. The molecule has 0 bridgehead atoms. The first-order valence-corrected chi connectivity index (χ1v) is 11.0. The zero-order valence-electron chi connectivity index (χ0n) is 17.0. The first-order chi connectivity index (χ1) is 15.7. The lowest BCUT2D eigenvalue weighted by Gasteiger charge is -2.36. The number of carbonyl (C=O) groups is 1. The number of aromatic nitrogens is 2. The lowest BCUT2D eigenvalue weighted by molar-refractivity contribution is -0.432. The number of fused-ring (bicyclic) bond motifs is 1. The zero-order chi connectivity index (χ0) is 23.8. The second-order valence-corrected chi connectivity index (χ2v) is 7.63. The van der Waals surface area contributed by atoms with Crippen molar-refractivity contribution < 1.29 is 33.9 Å². The van der Waals surface area contributed by atoms with Gasteiger partial charge in [-0.25, -0.2) is 4.98 Å². The van der Waals surface area contributed by atoms with Crippen molar-refractivity contribution in [1.29, 1.82) is 0 Å². The number of imidazole rings is 1. The molecule has 10 heteroatoms. The molecule has 9 nitrogen and oxygen atoms in total. The molecule has 0 saturated heterocycles. The van der Waals surface area contributed by atoms with Crippen LogP contribution in [0.1, 0.15) is 27.3 Å². The molecule has 1 N–H and O–H groups in total. The van der Waals surface area contributed by atoms with Crippen LogP contribution >= 0.6 is 7.82 Å². The number of nitrogens with one attached hydrogen (secondary N) is 1. The summed E-state index contributed by atoms with van der Waals surface area (Å²) in [6.07, 6.45) is 3.70. The topological polar surface area (TPSA) is 164 Å². The number of hydrogen-bond acceptors (Lipinski definition) is 8. The van der Waals surface area contributed by atoms with Crippen molar-refractivity contribution in [2.75, 3.05) is 0 Å². The minimum atomic E-state index is -5.39. The Balaban J connectivity index is 0.000000555. The Kier molecular flexibility index (Phi) is 7.76. The Hall–Kier alpha value is -3.75. The Bertz CT molecular complexity index is 1290. The summed E-state index contributed by atoms with van der Waals surface area (Å²) in [4.78, 5) is 44.3. The van der Waals surface area contributed by atoms with Crippen LogP contribution in [-0.4, -0.2) is 15.9 Å². The molecule has 0 aliphatic carbocycles. The monoisotopic (exact) mass is 464 g/mol. The molecular weight excluding hydrogens is 447 g/mol. The van der Waals surface area contributed by atoms with E-state index in [0.29, 0.717) is 23.5 Å². The molecule has 1 aromatic heterocycles. The third kappa shape index (κ3) is 7.71. The second kappa shape index (κ2) is 10.7. The zero-order valence-corrected chi connectivity index (χ0v) is 17.9. The van der Waals surface area contributed by atoms with E-state index in [1.807, 2.05) is 60.7 Å². The van der Waals surface area contributed by atoms with Crippen LogP contribution in [0.4, 0.5) is 0 Å². The number of ether oxygens (including phenoxy) is 1. The van der Waals surface area contributed by atoms with Crippen molar-refractivity contribution in [1.82, 2.24) is 9.97 Å². The Morgan fingerprint density at radius 2 is 1.61 bits per heavy atom. The van der Waals surface area contributed by atoms with E-state index in [0.717, 1.165) is 16.9 Å². The Morgan fingerprint density at radius 1 is 0.939 bits per heavy atom. The average molecular weight is 464 g/mol. The molecule has 170 valence electrons. The first-order valence-electron chi connectivity index (χ1n) is 9.57. The maximum atomic E-state index is 11.2. The predicted octanol–water partition coefficient (Wildman–Crippen LogP) is 0.851. The van der Waals surface area contributed by atoms with E-state index < -0.39 is 13.8 Å². The molecule has 0 aliphatic rings. The molecule has 33 heavy (non-hydrogen) atoms. The van der Waals surface area contributed by atoms with Crippen molar-refractivity contribution in [3.8, 4) is 5.75 Å². The number of carboxylic acid groups (broad SMARTS) is 1. The van der Waals surface area contributed by atoms with Gasteiger partial charge in [0.05, 0.1) is 17.0 Å². The van der Waals surface area contributed by atoms with Gasteiger partial charge in [0.25, 0.3) is 0 Å². The first kappa shape index (κ1) is 23.9. The summed E-state index contributed by atoms with van der Waals surface area (Å²) >= 11 is 0. The van der Waals surface area contributed by atoms with Gasteiger partial charge in [-0.3, -0.25) is 0 Å². The highest BCUT2D eigenvalue weighted by molar-refractivity contribution is 7.40. The van der Waals surface area contributed by atoms with E-state index in [1.54, 1.807) is 18.2 Å². The Morgan fingerprint density at radius 3 is 2.24 bits per heavy atom. The summed E-state index contributed by atoms with van der Waals surface area (Å²) in [5.41, 5.74) is 3.23. The van der Waals surface area contributed by atoms with Crippen LogP contribution in [0.25, 0.3) is 23.2 Å². The van der Waals surface area contributed by atoms with Crippen LogP contribution in [-0.2, 0) is 11.2 Å². The molecule has 3 aromatic carbocycles. The number of para-hydroxylation sites is 1. The van der Waals surface area contributed by atoms with Crippen molar-refractivity contribution in [3.63, 3.8) is 0 Å². The van der Waals surface area contributed by atoms with Gasteiger partial charge >= 0.3 is 0 Å². The standard InChI is InChI=1S/C23H18N2O3.H3O4P/c26-23(27)19-7-4-8-20-22(19)25-21(24-20)14-11-16-9-12-18(13-10-16)28-15-17-5-2-1-3-6-17;1-5(2,3)4/h1-14H,15H2,(H,24,25)(H,26,27);(H3,1,2,3,4)/p-4/b14-11+;. The molecule has 0 spiro atoms. The Labute approximate surface area is 188 Å². The number of carbonyl (C=O) groups excluding carboxylic acids is 1. The maximum absolute atomic E-state index is 11.2. The third-order valence-electron chi connectivity index (χ3n) is 4.31. The number of nitrogens with zero attached hydrogens (tertiary/aromatic N) is 1. The highest BCUT2D eigenvalue weighted by atomic mass is 31.2. The number of phosphoric acid groups is 1. The summed E-state index contributed by atoms with van der Waals surface area (Å²) in [6, 6.07) is 22.7. The lowest BCUT2D eigenvalue weighted by Crippen LogP contribution is -2.24. The number of rotatable bonds is 6. The number of aromatic carboxylic acids is 1. The fraction of sp³-hybridized carbons (Fsp3) is 0.0435. The third-order valence-corrected chi connectivity index (χ3v) is 4.31. The van der Waals surface area contributed by atoms with Crippen LogP contribution in [0.3, 0.4) is 0 Å². The van der Waals surface area contributed by atoms with Crippen LogP contribution in [0.15, 0.2) is 72.8 Å². The highest BCUT2D eigenvalue weighted by Gasteiger charge is 2.06. The molecule has 1 heterocycles. The van der Waals surface area contributed by atoms with E-state index in [2.05, 4.69) is 9.97 Å². The van der Waals surface area contributed by atoms with Gasteiger partial charge in [-0.1, -0.05) is 60.7 Å². The molecule has 0 fully saturated rings. The van der Waals surface area contributed by atoms with Crippen molar-refractivity contribution in [3.05, 3.63) is 95.3 Å². The van der Waals surface area contributed by atoms with Crippen molar-refractivity contribution in [2.45, 2.75) is 6.61 Å². The van der Waals surface area contributed by atoms with Crippen LogP contribution in [0, 0.1) is 0 Å². The van der Waals surface area contributed by atoms with E-state index in [9.17, 15) is 9.90 Å². The van der Waals surface area contributed by atoms with Gasteiger partial charge in [0.1, 0.15) is 18.2 Å². The van der Waals surface area contributed by atoms with Gasteiger partial charge in [-0.2, -0.15) is 7.82 Å². The average Bonchev–Trinajstić information content (AvgIpc) is 3.19. The molecule has 4 rings (SSSR count). The lowest BCUT2D eigenvalue weighted by atomic mass is 10.2. The predicted molar refractivity (Wildman–Crippen MR) is 114 cm³/mol. The van der Waals surface area contributed by atoms with Gasteiger partial charge in [0, 0.05) is 5.56 Å². The van der Waals surface area contributed by atoms with E-state index >= 15 is 0 Å². The van der Waals surface area contributed by atoms with Crippen LogP contribution in [0.2, 0.25) is 0 Å². The van der Waals surface area contributed by atoms with Gasteiger partial charge in [-0.05, 0) is 35.4 Å². The van der Waals surface area contributed by atoms with Gasteiger partial charge in [0.15, 0.2) is 0 Å². The molecule has 0 unspecified atom stereocenters. The van der Waals surface area contributed by atoms with E-state index in [1.165, 1.54) is 6.07 Å². The highest BCUT2D eigenvalue weighted by Crippen LogP contribution is 2.19. The number of carboxylic acids is 1. The molecular formula is C23H17N2O7P-4. The molecule has 0 radical (unpaired) electrons. The normalized spacial score (nSPS) is 11.2. The SMILES string of the molecule is O=C([O-])c1cccc2[nH]c(/C=C/c3ccc(OCc4ccccc4)cc3)nc12.O=P([O-])([O-])[O-]. The minimum Gasteiger partial charge on any atom is -0.822 e. The molecule has 0 atom stereocenters. The summed E-state index contributed by atoms with van der Waals surface area (Å²) in [7, 11) is -5.39. The van der Waals surface area contributed by atoms with Crippen molar-refractivity contribution >= 4 is 37.0 Å². The summed E-state index contributed by atoms with van der Waals surface area (Å²) in [6.45, 7) is 0.524. The largest absolute Gasteiger partial charge is 0.822 e. The quantitative estimate of drug-likeness (QED) is 0.410. The van der Waals surface area contributed by atoms with Crippen LogP contribution in [0.5, 0.6) is 5.75 Å². The second-order valence-electron chi connectivity index (χ2n) is 6.74. The van der Waals surface area contributed by atoms with Crippen LogP contribution < -0.4 is 24.5 Å². The number of H-pyrrole nitrogens is 1. The smallest absolute Gasteiger partial charge is 0.131 e. The number of aromatic amines is 1. The van der Waals surface area contributed by atoms with Crippen molar-refractivity contribution in [2.24, 2.45) is 0 Å². The minimum absolute atomic E-state index is 0.0771. The van der Waals surface area contributed by atoms with E-state index in [-0.39, 0.29) is 5.56 Å². The molecule has 0 amide bonds. The summed E-state index contributed by atoms with van der Waals surface area (Å²) in [5.74, 6) is 0.134. The fourth-order valence-corrected chi connectivity index (χ4v) is 2.89. The molecule has 0 aliphatic heterocycles. The number of benzene rings is 3.